The van der Waals surface area contributed by atoms with Gasteiger partial charge in [-0.3, -0.25) is 34.2 Å². The molecule has 10 nitrogen and oxygen atoms in total. The number of likely N-dealkylation sites (tertiary alicyclic amines) is 1. The Kier molecular flexibility index (Phi) is 4.37. The number of thioether (sulfide) groups is 1. The molecule has 6 rings (SSSR count). The molecule has 170 valence electrons. The lowest BCUT2D eigenvalue weighted by Gasteiger charge is -2.43. The number of thiazole rings is 1. The molecule has 0 spiro atoms. The van der Waals surface area contributed by atoms with E-state index < -0.39 is 41.1 Å². The Bertz CT molecular complexity index is 1300. The van der Waals surface area contributed by atoms with Crippen molar-refractivity contribution in [1.82, 2.24) is 9.88 Å². The number of carbonyl (C=O) groups excluding carboxylic acids is 2. The Morgan fingerprint density at radius 3 is 2.64 bits per heavy atom. The van der Waals surface area contributed by atoms with Crippen molar-refractivity contribution in [2.75, 3.05) is 6.54 Å². The quantitative estimate of drug-likeness (QED) is 0.377. The summed E-state index contributed by atoms with van der Waals surface area (Å²) in [5.74, 6) is -3.92. The van der Waals surface area contributed by atoms with Crippen molar-refractivity contribution < 1.29 is 24.4 Å². The molecule has 2 aliphatic heterocycles. The molecule has 2 aliphatic carbocycles. The highest BCUT2D eigenvalue weighted by molar-refractivity contribution is 8.00. The van der Waals surface area contributed by atoms with Crippen LogP contribution in [0.25, 0.3) is 0 Å². The molecule has 1 aromatic carbocycles. The average molecular weight is 488 g/mol. The Balaban J connectivity index is 1.46. The van der Waals surface area contributed by atoms with Crippen LogP contribution in [0.4, 0.5) is 5.69 Å². The van der Waals surface area contributed by atoms with E-state index in [4.69, 9.17) is 5.11 Å². The summed E-state index contributed by atoms with van der Waals surface area (Å²) in [5.41, 5.74) is 0.659. The van der Waals surface area contributed by atoms with Gasteiger partial charge < -0.3 is 10.1 Å². The minimum Gasteiger partial charge on any atom is -0.480 e. The van der Waals surface area contributed by atoms with E-state index in [0.717, 1.165) is 21.1 Å². The molecule has 7 atom stereocenters. The summed E-state index contributed by atoms with van der Waals surface area (Å²) in [6.07, 6.45) is 0.667. The number of imide groups is 1. The monoisotopic (exact) mass is 487 g/mol. The Morgan fingerprint density at radius 2 is 1.94 bits per heavy atom. The Morgan fingerprint density at radius 1 is 1.21 bits per heavy atom. The predicted octanol–water partition coefficient (Wildman–Crippen LogP) is 1.90. The molecular weight excluding hydrogens is 470 g/mol. The molecule has 4 aliphatic rings. The number of non-ortho nitro benzene ring substituents is 1. The van der Waals surface area contributed by atoms with Gasteiger partial charge in [0.25, 0.3) is 5.69 Å². The van der Waals surface area contributed by atoms with Gasteiger partial charge in [0, 0.05) is 28.2 Å². The van der Waals surface area contributed by atoms with Crippen molar-refractivity contribution in [3.63, 3.8) is 0 Å². The van der Waals surface area contributed by atoms with E-state index in [-0.39, 0.29) is 39.5 Å². The summed E-state index contributed by atoms with van der Waals surface area (Å²) < 4.78 is 0. The standard InChI is InChI=1S/C21H17N3O7S2/c25-11(26)6-23-19(27)14-9-5-10(15(14)20(23)28)16-13(9)12(17-18(32-16)22-21(29)33-17)7-2-1-3-8(4-7)24(30)31/h1-4,9-10,12-16H,5-6H2,(H,22,29)(H,25,26)/t9-,10-,12-,13-,14+,15-,16+/m1/s1. The molecule has 0 unspecified atom stereocenters. The highest BCUT2D eigenvalue weighted by atomic mass is 32.2. The minimum atomic E-state index is -1.23. The van der Waals surface area contributed by atoms with E-state index in [1.54, 1.807) is 12.1 Å². The number of benzene rings is 1. The molecule has 1 aromatic heterocycles. The summed E-state index contributed by atoms with van der Waals surface area (Å²) in [4.78, 5) is 64.9. The summed E-state index contributed by atoms with van der Waals surface area (Å²) in [7, 11) is 0. The van der Waals surface area contributed by atoms with Crippen LogP contribution in [-0.2, 0) is 14.4 Å². The van der Waals surface area contributed by atoms with Gasteiger partial charge in [-0.25, -0.2) is 0 Å². The van der Waals surface area contributed by atoms with Crippen molar-refractivity contribution in [2.45, 2.75) is 22.6 Å². The summed E-state index contributed by atoms with van der Waals surface area (Å²) in [6.45, 7) is -0.637. The fourth-order valence-electron chi connectivity index (χ4n) is 6.57. The molecule has 2 amide bonds. The first-order chi connectivity index (χ1) is 15.8. The number of carboxylic acids is 1. The van der Waals surface area contributed by atoms with Crippen LogP contribution in [0.15, 0.2) is 34.1 Å². The molecule has 12 heteroatoms. The van der Waals surface area contributed by atoms with Crippen LogP contribution in [0.5, 0.6) is 0 Å². The fourth-order valence-corrected chi connectivity index (χ4v) is 9.46. The third-order valence-electron chi connectivity index (χ3n) is 7.55. The van der Waals surface area contributed by atoms with E-state index in [2.05, 4.69) is 4.98 Å². The van der Waals surface area contributed by atoms with Crippen LogP contribution in [0, 0.1) is 39.7 Å². The van der Waals surface area contributed by atoms with Crippen LogP contribution >= 0.6 is 23.1 Å². The molecule has 2 aromatic rings. The maximum Gasteiger partial charge on any atom is 0.323 e. The van der Waals surface area contributed by atoms with Crippen LogP contribution in [0.2, 0.25) is 0 Å². The van der Waals surface area contributed by atoms with E-state index in [9.17, 15) is 29.3 Å². The lowest BCUT2D eigenvalue weighted by molar-refractivity contribution is -0.384. The predicted molar refractivity (Wildman–Crippen MR) is 116 cm³/mol. The second-order valence-electron chi connectivity index (χ2n) is 8.97. The van der Waals surface area contributed by atoms with Gasteiger partial charge in [-0.05, 0) is 29.7 Å². The van der Waals surface area contributed by atoms with E-state index in [1.807, 2.05) is 0 Å². The van der Waals surface area contributed by atoms with E-state index >= 15 is 0 Å². The van der Waals surface area contributed by atoms with Crippen molar-refractivity contribution in [1.29, 1.82) is 0 Å². The molecular formula is C21H17N3O7S2. The number of aromatic amines is 1. The van der Waals surface area contributed by atoms with Crippen LogP contribution in [0.3, 0.4) is 0 Å². The number of hydrogen-bond acceptors (Lipinski definition) is 8. The van der Waals surface area contributed by atoms with Crippen molar-refractivity contribution in [3.05, 3.63) is 54.5 Å². The molecule has 0 radical (unpaired) electrons. The fraction of sp³-hybridized carbons (Fsp3) is 0.429. The second kappa shape index (κ2) is 7.00. The number of carboxylic acid groups (broad SMARTS) is 1. The van der Waals surface area contributed by atoms with Gasteiger partial charge in [0.1, 0.15) is 6.54 Å². The molecule has 1 saturated heterocycles. The maximum absolute atomic E-state index is 13.1. The zero-order valence-electron chi connectivity index (χ0n) is 16.9. The summed E-state index contributed by atoms with van der Waals surface area (Å²) in [6, 6.07) is 6.36. The zero-order chi connectivity index (χ0) is 23.2. The van der Waals surface area contributed by atoms with Crippen molar-refractivity contribution in [2.24, 2.45) is 29.6 Å². The van der Waals surface area contributed by atoms with Gasteiger partial charge >= 0.3 is 10.8 Å². The smallest absolute Gasteiger partial charge is 0.323 e. The van der Waals surface area contributed by atoms with Crippen LogP contribution < -0.4 is 4.87 Å². The van der Waals surface area contributed by atoms with Gasteiger partial charge in [0.05, 0.1) is 21.8 Å². The molecule has 2 bridgehead atoms. The maximum atomic E-state index is 13.1. The normalized spacial score (nSPS) is 33.7. The van der Waals surface area contributed by atoms with Crippen LogP contribution in [0.1, 0.15) is 22.8 Å². The number of aromatic nitrogens is 1. The third-order valence-corrected chi connectivity index (χ3v) is 10.1. The molecule has 2 N–H and O–H groups in total. The number of rotatable bonds is 4. The van der Waals surface area contributed by atoms with Gasteiger partial charge in [-0.1, -0.05) is 23.5 Å². The van der Waals surface area contributed by atoms with E-state index in [1.165, 1.54) is 23.9 Å². The lowest BCUT2D eigenvalue weighted by Crippen LogP contribution is -2.42. The van der Waals surface area contributed by atoms with Crippen molar-refractivity contribution in [3.8, 4) is 0 Å². The number of nitro benzene ring substituents is 1. The van der Waals surface area contributed by atoms with Crippen molar-refractivity contribution >= 4 is 46.6 Å². The van der Waals surface area contributed by atoms with Gasteiger partial charge in [-0.15, -0.1) is 11.8 Å². The molecule has 33 heavy (non-hydrogen) atoms. The molecule has 3 heterocycles. The largest absolute Gasteiger partial charge is 0.480 e. The van der Waals surface area contributed by atoms with Gasteiger partial charge in [0.15, 0.2) is 0 Å². The summed E-state index contributed by atoms with van der Waals surface area (Å²) in [5, 5.41) is 21.2. The first-order valence-electron chi connectivity index (χ1n) is 10.5. The number of fused-ring (bicyclic) bond motifs is 9. The van der Waals surface area contributed by atoms with E-state index in [0.29, 0.717) is 17.0 Å². The number of aliphatic carboxylic acids is 1. The number of hydrogen-bond donors (Lipinski definition) is 2. The third kappa shape index (κ3) is 2.80. The Labute approximate surface area is 194 Å². The SMILES string of the molecule is O=C(O)CN1C(=O)[C@@H]2[C@H]3C[C@@H]([C@@H]2C1=O)[C@@H]1[C@@H](c2cccc([N+](=O)[O-])c2)c2sc(=O)[nH]c2S[C@@H]31. The number of nitro groups is 1. The molecule has 3 fully saturated rings. The first-order valence-corrected chi connectivity index (χ1v) is 12.2. The van der Waals surface area contributed by atoms with Gasteiger partial charge in [-0.2, -0.15) is 0 Å². The summed E-state index contributed by atoms with van der Waals surface area (Å²) >= 11 is 2.59. The average Bonchev–Trinajstić information content (AvgIpc) is 3.49. The number of nitrogens with zero attached hydrogens (tertiary/aromatic N) is 2. The highest BCUT2D eigenvalue weighted by Gasteiger charge is 2.69. The Hall–Kier alpha value is -2.99. The van der Waals surface area contributed by atoms with Gasteiger partial charge in [0.2, 0.25) is 11.8 Å². The second-order valence-corrected chi connectivity index (χ2v) is 11.2. The molecule has 2 saturated carbocycles. The number of nitrogens with one attached hydrogen (secondary N) is 1. The van der Waals surface area contributed by atoms with Crippen LogP contribution in [-0.4, -0.2) is 49.5 Å². The lowest BCUT2D eigenvalue weighted by atomic mass is 9.68. The topological polar surface area (TPSA) is 151 Å². The number of carbonyl (C=O) groups is 3. The zero-order valence-corrected chi connectivity index (χ0v) is 18.5. The minimum absolute atomic E-state index is 0.0486. The highest BCUT2D eigenvalue weighted by Crippen LogP contribution is 2.68. The first kappa shape index (κ1) is 20.6. The number of H-pyrrole nitrogens is 1. The number of amides is 2.